The molecule has 1 amide bonds. The van der Waals surface area contributed by atoms with Crippen LogP contribution in [0.15, 0.2) is 35.1 Å². The standard InChI is InChI=1S/C15H18FN7O3/c1-18-12(10(8-17)14(25)26)13(24)19-9-3-5-23-11(7-9)20-15(21-23)22(2)6-4-16/h3,5,7-8H,4,6,17H2,1-2H3,(H,19,24)(H,25,26)/p-1. The van der Waals surface area contributed by atoms with Gasteiger partial charge in [0.25, 0.3) is 5.91 Å². The van der Waals surface area contributed by atoms with Crippen LogP contribution in [0.25, 0.3) is 5.65 Å². The predicted octanol–water partition coefficient (Wildman–Crippen LogP) is -1.26. The summed E-state index contributed by atoms with van der Waals surface area (Å²) in [6, 6.07) is 3.06. The summed E-state index contributed by atoms with van der Waals surface area (Å²) in [5.41, 5.74) is 5.06. The third kappa shape index (κ3) is 3.94. The zero-order valence-corrected chi connectivity index (χ0v) is 14.1. The number of carbonyl (C=O) groups is 2. The molecule has 0 saturated carbocycles. The smallest absolute Gasteiger partial charge is 0.274 e. The highest BCUT2D eigenvalue weighted by molar-refractivity contribution is 6.53. The van der Waals surface area contributed by atoms with E-state index < -0.39 is 24.1 Å². The molecule has 0 unspecified atom stereocenters. The number of hydrogen-bond acceptors (Lipinski definition) is 8. The van der Waals surface area contributed by atoms with Crippen molar-refractivity contribution in [2.45, 2.75) is 0 Å². The van der Waals surface area contributed by atoms with Crippen molar-refractivity contribution in [3.05, 3.63) is 30.1 Å². The Morgan fingerprint density at radius 2 is 2.27 bits per heavy atom. The van der Waals surface area contributed by atoms with Gasteiger partial charge < -0.3 is 25.9 Å². The van der Waals surface area contributed by atoms with Crippen molar-refractivity contribution in [3.63, 3.8) is 0 Å². The van der Waals surface area contributed by atoms with E-state index in [4.69, 9.17) is 5.73 Å². The van der Waals surface area contributed by atoms with Gasteiger partial charge in [0.15, 0.2) is 5.65 Å². The van der Waals surface area contributed by atoms with Crippen LogP contribution < -0.4 is 21.1 Å². The largest absolute Gasteiger partial charge is 0.545 e. The van der Waals surface area contributed by atoms with Gasteiger partial charge in [0.2, 0.25) is 5.95 Å². The molecule has 0 fully saturated rings. The number of pyridine rings is 1. The van der Waals surface area contributed by atoms with Crippen LogP contribution in [0.2, 0.25) is 0 Å². The van der Waals surface area contributed by atoms with Crippen molar-refractivity contribution in [2.24, 2.45) is 10.7 Å². The van der Waals surface area contributed by atoms with Gasteiger partial charge in [-0.3, -0.25) is 9.79 Å². The highest BCUT2D eigenvalue weighted by atomic mass is 19.1. The molecule has 0 saturated heterocycles. The van der Waals surface area contributed by atoms with E-state index in [2.05, 4.69) is 20.4 Å². The minimum absolute atomic E-state index is 0.147. The van der Waals surface area contributed by atoms with Gasteiger partial charge in [-0.05, 0) is 6.07 Å². The van der Waals surface area contributed by atoms with E-state index in [0.717, 1.165) is 6.20 Å². The second-order valence-corrected chi connectivity index (χ2v) is 5.13. The summed E-state index contributed by atoms with van der Waals surface area (Å²) >= 11 is 0. The Labute approximate surface area is 147 Å². The topological polar surface area (TPSA) is 141 Å². The average Bonchev–Trinajstić information content (AvgIpc) is 3.02. The van der Waals surface area contributed by atoms with Crippen LogP contribution in [0.1, 0.15) is 0 Å². The summed E-state index contributed by atoms with van der Waals surface area (Å²) in [6.07, 6.45) is 2.29. The molecule has 0 bridgehead atoms. The van der Waals surface area contributed by atoms with Gasteiger partial charge in [-0.2, -0.15) is 4.98 Å². The fraction of sp³-hybridized carbons (Fsp3) is 0.267. The molecule has 0 aromatic carbocycles. The zero-order valence-electron chi connectivity index (χ0n) is 14.1. The number of halogens is 1. The SMILES string of the molecule is CN=C(C(=O)Nc1ccn2nc(N(C)CCF)nc2c1)C(=CN)C(=O)[O-]. The molecule has 138 valence electrons. The number of nitrogens with two attached hydrogens (primary N) is 1. The zero-order chi connectivity index (χ0) is 19.3. The number of rotatable bonds is 7. The Bertz CT molecular complexity index is 890. The first-order valence-electron chi connectivity index (χ1n) is 7.46. The number of carbonyl (C=O) groups excluding carboxylic acids is 2. The van der Waals surface area contributed by atoms with Crippen molar-refractivity contribution in [1.29, 1.82) is 0 Å². The van der Waals surface area contributed by atoms with Gasteiger partial charge in [0.05, 0.1) is 5.97 Å². The number of nitrogens with one attached hydrogen (secondary N) is 1. The molecule has 26 heavy (non-hydrogen) atoms. The third-order valence-corrected chi connectivity index (χ3v) is 3.43. The lowest BCUT2D eigenvalue weighted by molar-refractivity contribution is -0.298. The van der Waals surface area contributed by atoms with E-state index in [0.29, 0.717) is 17.3 Å². The normalized spacial score (nSPS) is 12.3. The molecular weight excluding hydrogens is 345 g/mol. The Kier molecular flexibility index (Phi) is 5.83. The fourth-order valence-corrected chi connectivity index (χ4v) is 2.11. The molecule has 2 aromatic rings. The van der Waals surface area contributed by atoms with Crippen molar-refractivity contribution in [2.75, 3.05) is 37.5 Å². The number of hydrogen-bond donors (Lipinski definition) is 2. The van der Waals surface area contributed by atoms with Crippen LogP contribution in [0, 0.1) is 0 Å². The summed E-state index contributed by atoms with van der Waals surface area (Å²) < 4.78 is 13.9. The number of carboxylic acids is 1. The van der Waals surface area contributed by atoms with Crippen LogP contribution in [0.3, 0.4) is 0 Å². The minimum atomic E-state index is -1.61. The number of amides is 1. The van der Waals surface area contributed by atoms with Crippen LogP contribution >= 0.6 is 0 Å². The highest BCUT2D eigenvalue weighted by Crippen LogP contribution is 2.14. The second kappa shape index (κ2) is 8.05. The second-order valence-electron chi connectivity index (χ2n) is 5.13. The predicted molar refractivity (Wildman–Crippen MR) is 91.5 cm³/mol. The van der Waals surface area contributed by atoms with Crippen LogP contribution in [0.5, 0.6) is 0 Å². The fourth-order valence-electron chi connectivity index (χ4n) is 2.11. The average molecular weight is 362 g/mol. The first-order valence-corrected chi connectivity index (χ1v) is 7.46. The Morgan fingerprint density at radius 3 is 2.85 bits per heavy atom. The summed E-state index contributed by atoms with van der Waals surface area (Å²) in [5, 5.41) is 17.7. The summed E-state index contributed by atoms with van der Waals surface area (Å²) in [4.78, 5) is 32.7. The summed E-state index contributed by atoms with van der Waals surface area (Å²) in [6.45, 7) is -0.393. The number of alkyl halides is 1. The lowest BCUT2D eigenvalue weighted by Crippen LogP contribution is -2.35. The van der Waals surface area contributed by atoms with E-state index in [-0.39, 0.29) is 12.3 Å². The molecule has 0 aliphatic carbocycles. The number of aliphatic carboxylic acids is 1. The molecule has 2 rings (SSSR count). The Hall–Kier alpha value is -3.50. The molecule has 2 heterocycles. The lowest BCUT2D eigenvalue weighted by atomic mass is 10.1. The van der Waals surface area contributed by atoms with Crippen LogP contribution in [-0.4, -0.2) is 59.5 Å². The van der Waals surface area contributed by atoms with Crippen molar-refractivity contribution in [3.8, 4) is 0 Å². The maximum atomic E-state index is 12.4. The molecule has 0 radical (unpaired) electrons. The van der Waals surface area contributed by atoms with E-state index in [1.54, 1.807) is 18.1 Å². The first-order chi connectivity index (χ1) is 12.4. The van der Waals surface area contributed by atoms with Gasteiger partial charge in [0.1, 0.15) is 12.4 Å². The molecule has 0 spiro atoms. The Morgan fingerprint density at radius 1 is 1.54 bits per heavy atom. The van der Waals surface area contributed by atoms with E-state index in [1.807, 2.05) is 0 Å². The Balaban J connectivity index is 2.25. The van der Waals surface area contributed by atoms with E-state index in [1.165, 1.54) is 23.7 Å². The van der Waals surface area contributed by atoms with Crippen molar-refractivity contribution >= 4 is 34.9 Å². The molecule has 0 atom stereocenters. The summed E-state index contributed by atoms with van der Waals surface area (Å²) in [7, 11) is 2.91. The molecule has 10 nitrogen and oxygen atoms in total. The number of carboxylic acid groups (broad SMARTS) is 1. The van der Waals surface area contributed by atoms with Gasteiger partial charge in [-0.25, -0.2) is 8.91 Å². The molecule has 0 aliphatic heterocycles. The highest BCUT2D eigenvalue weighted by Gasteiger charge is 2.17. The quantitative estimate of drug-likeness (QED) is 0.462. The van der Waals surface area contributed by atoms with E-state index in [9.17, 15) is 19.1 Å². The summed E-state index contributed by atoms with van der Waals surface area (Å²) in [5.74, 6) is -2.06. The molecule has 3 N–H and O–H groups in total. The van der Waals surface area contributed by atoms with Gasteiger partial charge in [-0.1, -0.05) is 0 Å². The maximum absolute atomic E-state index is 12.4. The number of nitrogens with zero attached hydrogens (tertiary/aromatic N) is 5. The third-order valence-electron chi connectivity index (χ3n) is 3.43. The maximum Gasteiger partial charge on any atom is 0.274 e. The minimum Gasteiger partial charge on any atom is -0.545 e. The molecule has 11 heteroatoms. The first kappa shape index (κ1) is 18.8. The van der Waals surface area contributed by atoms with Gasteiger partial charge in [-0.15, -0.1) is 5.10 Å². The van der Waals surface area contributed by atoms with Crippen LogP contribution in [-0.2, 0) is 9.59 Å². The number of anilines is 2. The molecular formula is C15H17FN7O3-. The number of fused-ring (bicyclic) bond motifs is 1. The lowest BCUT2D eigenvalue weighted by Gasteiger charge is -2.11. The van der Waals surface area contributed by atoms with Crippen molar-refractivity contribution < 1.29 is 19.1 Å². The number of aromatic nitrogens is 3. The van der Waals surface area contributed by atoms with Crippen LogP contribution in [0.4, 0.5) is 16.0 Å². The molecule has 0 aliphatic rings. The van der Waals surface area contributed by atoms with E-state index >= 15 is 0 Å². The van der Waals surface area contributed by atoms with Crippen molar-refractivity contribution in [1.82, 2.24) is 14.6 Å². The molecule has 2 aromatic heterocycles. The van der Waals surface area contributed by atoms with Gasteiger partial charge >= 0.3 is 0 Å². The monoisotopic (exact) mass is 362 g/mol. The number of aliphatic imine (C=N–C) groups is 1. The van der Waals surface area contributed by atoms with Gasteiger partial charge in [0, 0.05) is 50.4 Å².